The summed E-state index contributed by atoms with van der Waals surface area (Å²) in [6, 6.07) is 7.96. The molecule has 1 aromatic heterocycles. The molecule has 0 radical (unpaired) electrons. The van der Waals surface area contributed by atoms with Gasteiger partial charge in [-0.3, -0.25) is 9.59 Å². The van der Waals surface area contributed by atoms with Crippen molar-refractivity contribution in [2.24, 2.45) is 0 Å². The zero-order valence-electron chi connectivity index (χ0n) is 16.1. The van der Waals surface area contributed by atoms with E-state index >= 15 is 0 Å². The SMILES string of the molecule is COCCNC(=O)Cn1c(CO)cnc1SCC(=O)NCc1ccc(C)cc1. The first-order chi connectivity index (χ1) is 13.5. The van der Waals surface area contributed by atoms with E-state index in [1.807, 2.05) is 31.2 Å². The average molecular weight is 407 g/mol. The largest absolute Gasteiger partial charge is 0.390 e. The Hall–Kier alpha value is -2.36. The van der Waals surface area contributed by atoms with Crippen molar-refractivity contribution in [3.8, 4) is 0 Å². The van der Waals surface area contributed by atoms with Crippen LogP contribution in [0.5, 0.6) is 0 Å². The normalized spacial score (nSPS) is 10.7. The minimum absolute atomic E-state index is 0.0208. The summed E-state index contributed by atoms with van der Waals surface area (Å²) in [5, 5.41) is 15.6. The first kappa shape index (κ1) is 21.9. The van der Waals surface area contributed by atoms with Gasteiger partial charge < -0.3 is 25.0 Å². The minimum Gasteiger partial charge on any atom is -0.390 e. The van der Waals surface area contributed by atoms with Gasteiger partial charge in [0.15, 0.2) is 5.16 Å². The number of carbonyl (C=O) groups excluding carboxylic acids is 2. The van der Waals surface area contributed by atoms with Crippen molar-refractivity contribution in [2.75, 3.05) is 26.0 Å². The van der Waals surface area contributed by atoms with E-state index in [0.29, 0.717) is 30.5 Å². The number of aryl methyl sites for hydroxylation is 1. The van der Waals surface area contributed by atoms with E-state index in [2.05, 4.69) is 15.6 Å². The summed E-state index contributed by atoms with van der Waals surface area (Å²) in [6.45, 7) is 3.08. The third kappa shape index (κ3) is 6.99. The third-order valence-electron chi connectivity index (χ3n) is 3.94. The molecular weight excluding hydrogens is 380 g/mol. The summed E-state index contributed by atoms with van der Waals surface area (Å²) in [6.07, 6.45) is 1.51. The molecule has 0 fully saturated rings. The number of rotatable bonds is 11. The van der Waals surface area contributed by atoms with Crippen LogP contribution in [0, 0.1) is 6.92 Å². The Kier molecular flexibility index (Phi) is 8.99. The van der Waals surface area contributed by atoms with Crippen LogP contribution in [0.15, 0.2) is 35.6 Å². The van der Waals surface area contributed by atoms with Crippen molar-refractivity contribution >= 4 is 23.6 Å². The summed E-state index contributed by atoms with van der Waals surface area (Å²) >= 11 is 1.22. The zero-order chi connectivity index (χ0) is 20.4. The number of amides is 2. The summed E-state index contributed by atoms with van der Waals surface area (Å²) < 4.78 is 6.51. The van der Waals surface area contributed by atoms with Gasteiger partial charge in [0.25, 0.3) is 0 Å². The van der Waals surface area contributed by atoms with Gasteiger partial charge in [0.05, 0.1) is 30.9 Å². The van der Waals surface area contributed by atoms with Crippen LogP contribution >= 0.6 is 11.8 Å². The lowest BCUT2D eigenvalue weighted by Gasteiger charge is -2.11. The topological polar surface area (TPSA) is 105 Å². The maximum absolute atomic E-state index is 12.1. The van der Waals surface area contributed by atoms with Crippen LogP contribution in [0.4, 0.5) is 0 Å². The summed E-state index contributed by atoms with van der Waals surface area (Å²) in [5.74, 6) is -0.176. The molecule has 3 N–H and O–H groups in total. The van der Waals surface area contributed by atoms with E-state index in [1.54, 1.807) is 11.7 Å². The monoisotopic (exact) mass is 406 g/mol. The minimum atomic E-state index is -0.238. The van der Waals surface area contributed by atoms with Crippen molar-refractivity contribution in [3.63, 3.8) is 0 Å². The fourth-order valence-electron chi connectivity index (χ4n) is 2.38. The fraction of sp³-hybridized carbons (Fsp3) is 0.421. The number of imidazole rings is 1. The molecule has 152 valence electrons. The van der Waals surface area contributed by atoms with Gasteiger partial charge in [-0.2, -0.15) is 0 Å². The summed E-state index contributed by atoms with van der Waals surface area (Å²) in [5.41, 5.74) is 2.72. The first-order valence-electron chi connectivity index (χ1n) is 8.89. The van der Waals surface area contributed by atoms with Crippen molar-refractivity contribution in [1.82, 2.24) is 20.2 Å². The summed E-state index contributed by atoms with van der Waals surface area (Å²) in [7, 11) is 1.56. The van der Waals surface area contributed by atoms with Crippen LogP contribution in [-0.2, 0) is 34.0 Å². The van der Waals surface area contributed by atoms with E-state index in [1.165, 1.54) is 23.5 Å². The highest BCUT2D eigenvalue weighted by Crippen LogP contribution is 2.18. The number of methoxy groups -OCH3 is 1. The highest BCUT2D eigenvalue weighted by atomic mass is 32.2. The van der Waals surface area contributed by atoms with Crippen LogP contribution in [0.1, 0.15) is 16.8 Å². The molecule has 9 heteroatoms. The predicted octanol–water partition coefficient (Wildman–Crippen LogP) is 0.855. The van der Waals surface area contributed by atoms with Gasteiger partial charge in [-0.25, -0.2) is 4.98 Å². The predicted molar refractivity (Wildman–Crippen MR) is 107 cm³/mol. The van der Waals surface area contributed by atoms with Gasteiger partial charge >= 0.3 is 0 Å². The van der Waals surface area contributed by atoms with Gasteiger partial charge in [0.2, 0.25) is 11.8 Å². The molecule has 0 spiro atoms. The Morgan fingerprint density at radius 2 is 1.96 bits per heavy atom. The molecule has 0 aliphatic rings. The maximum atomic E-state index is 12.1. The number of hydrogen-bond acceptors (Lipinski definition) is 6. The van der Waals surface area contributed by atoms with Crippen molar-refractivity contribution in [3.05, 3.63) is 47.3 Å². The number of thioether (sulfide) groups is 1. The maximum Gasteiger partial charge on any atom is 0.240 e. The van der Waals surface area contributed by atoms with Gasteiger partial charge in [0.1, 0.15) is 6.54 Å². The molecule has 0 saturated carbocycles. The van der Waals surface area contributed by atoms with Gasteiger partial charge in [-0.1, -0.05) is 41.6 Å². The van der Waals surface area contributed by atoms with Gasteiger partial charge in [0, 0.05) is 20.2 Å². The van der Waals surface area contributed by atoms with Crippen molar-refractivity contribution < 1.29 is 19.4 Å². The van der Waals surface area contributed by atoms with E-state index in [9.17, 15) is 14.7 Å². The van der Waals surface area contributed by atoms with Crippen LogP contribution in [0.2, 0.25) is 0 Å². The molecule has 2 aromatic rings. The lowest BCUT2D eigenvalue weighted by molar-refractivity contribution is -0.122. The molecule has 2 amide bonds. The highest BCUT2D eigenvalue weighted by molar-refractivity contribution is 7.99. The molecule has 0 aliphatic carbocycles. The molecule has 2 rings (SSSR count). The molecule has 8 nitrogen and oxygen atoms in total. The molecule has 0 unspecified atom stereocenters. The van der Waals surface area contributed by atoms with Crippen molar-refractivity contribution in [1.29, 1.82) is 0 Å². The zero-order valence-corrected chi connectivity index (χ0v) is 16.9. The first-order valence-corrected chi connectivity index (χ1v) is 9.88. The Labute approximate surface area is 168 Å². The van der Waals surface area contributed by atoms with Crippen molar-refractivity contribution in [2.45, 2.75) is 31.8 Å². The quantitative estimate of drug-likeness (QED) is 0.378. The molecule has 0 saturated heterocycles. The Balaban J connectivity index is 1.87. The Morgan fingerprint density at radius 1 is 1.21 bits per heavy atom. The standard InChI is InChI=1S/C19H26N4O4S/c1-14-3-5-15(6-4-14)9-21-18(26)13-28-19-22-10-16(12-24)23(19)11-17(25)20-7-8-27-2/h3-6,10,24H,7-9,11-13H2,1-2H3,(H,20,25)(H,21,26). The van der Waals surface area contributed by atoms with E-state index in [0.717, 1.165) is 5.56 Å². The molecule has 0 bridgehead atoms. The van der Waals surface area contributed by atoms with Crippen LogP contribution in [0.25, 0.3) is 0 Å². The Bertz CT molecular complexity index is 777. The third-order valence-corrected chi connectivity index (χ3v) is 4.93. The summed E-state index contributed by atoms with van der Waals surface area (Å²) in [4.78, 5) is 28.4. The van der Waals surface area contributed by atoms with Crippen LogP contribution < -0.4 is 10.6 Å². The fourth-order valence-corrected chi connectivity index (χ4v) is 3.21. The number of nitrogens with zero attached hydrogens (tertiary/aromatic N) is 2. The Morgan fingerprint density at radius 3 is 2.64 bits per heavy atom. The molecule has 1 heterocycles. The second-order valence-electron chi connectivity index (χ2n) is 6.17. The molecule has 0 atom stereocenters. The van der Waals surface area contributed by atoms with E-state index < -0.39 is 0 Å². The number of hydrogen-bond donors (Lipinski definition) is 3. The number of aliphatic hydroxyl groups excluding tert-OH is 1. The van der Waals surface area contributed by atoms with E-state index in [4.69, 9.17) is 4.74 Å². The number of aromatic nitrogens is 2. The molecular formula is C19H26N4O4S. The number of carbonyl (C=O) groups is 2. The smallest absolute Gasteiger partial charge is 0.240 e. The average Bonchev–Trinajstić information content (AvgIpc) is 3.07. The highest BCUT2D eigenvalue weighted by Gasteiger charge is 2.14. The number of benzene rings is 1. The van der Waals surface area contributed by atoms with Gasteiger partial charge in [-0.05, 0) is 12.5 Å². The van der Waals surface area contributed by atoms with Crippen LogP contribution in [-0.4, -0.2) is 52.5 Å². The lowest BCUT2D eigenvalue weighted by Crippen LogP contribution is -2.31. The van der Waals surface area contributed by atoms with Gasteiger partial charge in [-0.15, -0.1) is 0 Å². The van der Waals surface area contributed by atoms with Crippen LogP contribution in [0.3, 0.4) is 0 Å². The second-order valence-corrected chi connectivity index (χ2v) is 7.11. The number of ether oxygens (including phenoxy) is 1. The lowest BCUT2D eigenvalue weighted by atomic mass is 10.1. The van der Waals surface area contributed by atoms with E-state index in [-0.39, 0.29) is 30.7 Å². The number of nitrogens with one attached hydrogen (secondary N) is 2. The molecule has 1 aromatic carbocycles. The second kappa shape index (κ2) is 11.5. The molecule has 28 heavy (non-hydrogen) atoms. The molecule has 0 aliphatic heterocycles. The number of aliphatic hydroxyl groups is 1.